The fraction of sp³-hybridized carbons (Fsp3) is 0.216. The second-order valence-corrected chi connectivity index (χ2v) is 16.7. The maximum Gasteiger partial charge on any atom is 0.356 e. The van der Waals surface area contributed by atoms with E-state index in [4.69, 9.17) is 4.74 Å². The van der Waals surface area contributed by atoms with Gasteiger partial charge >= 0.3 is 5.97 Å². The van der Waals surface area contributed by atoms with Gasteiger partial charge in [0.05, 0.1) is 22.9 Å². The number of nitrogens with zero attached hydrogens (tertiary/aromatic N) is 3. The molecule has 0 unspecified atom stereocenters. The summed E-state index contributed by atoms with van der Waals surface area (Å²) in [7, 11) is 0. The van der Waals surface area contributed by atoms with E-state index in [1.54, 1.807) is 26.4 Å². The Balaban J connectivity index is 1.65. The minimum atomic E-state index is -3.17. The van der Waals surface area contributed by atoms with Crippen molar-refractivity contribution in [2.24, 2.45) is 11.8 Å². The predicted molar refractivity (Wildman–Crippen MR) is 195 cm³/mol. The van der Waals surface area contributed by atoms with Gasteiger partial charge in [0.25, 0.3) is 0 Å². The normalized spacial score (nSPS) is 17.4. The summed E-state index contributed by atoms with van der Waals surface area (Å²) in [6.45, 7) is 3.82. The Morgan fingerprint density at radius 2 is 1.54 bits per heavy atom. The van der Waals surface area contributed by atoms with Crippen LogP contribution in [0, 0.1) is 11.8 Å². The van der Waals surface area contributed by atoms with E-state index in [0.717, 1.165) is 25.8 Å². The number of benzene rings is 3. The van der Waals surface area contributed by atoms with Crippen molar-refractivity contribution in [1.82, 2.24) is 14.3 Å². The monoisotopic (exact) mass is 697 g/mol. The Hall–Kier alpha value is -4.21. The number of esters is 1. The zero-order valence-electron chi connectivity index (χ0n) is 26.8. The molecule has 1 amide bonds. The van der Waals surface area contributed by atoms with Gasteiger partial charge in [-0.2, -0.15) is 0 Å². The molecule has 4 atom stereocenters. The van der Waals surface area contributed by atoms with Crippen molar-refractivity contribution in [2.45, 2.75) is 31.0 Å². The van der Waals surface area contributed by atoms with E-state index in [-0.39, 0.29) is 17.8 Å². The van der Waals surface area contributed by atoms with Crippen LogP contribution in [0.5, 0.6) is 0 Å². The van der Waals surface area contributed by atoms with E-state index in [0.29, 0.717) is 4.88 Å². The molecule has 5 aromatic rings. The van der Waals surface area contributed by atoms with Gasteiger partial charge in [-0.15, -0.1) is 23.1 Å². The van der Waals surface area contributed by atoms with Crippen molar-refractivity contribution in [1.29, 1.82) is 0 Å². The Kier molecular flexibility index (Phi) is 9.90. The van der Waals surface area contributed by atoms with Crippen LogP contribution in [0.2, 0.25) is 0 Å². The summed E-state index contributed by atoms with van der Waals surface area (Å²) in [5.41, 5.74) is 0.160. The number of amides is 1. The van der Waals surface area contributed by atoms with Gasteiger partial charge in [-0.05, 0) is 29.1 Å². The molecule has 6 rings (SSSR count). The average molecular weight is 698 g/mol. The number of β-lactam (4-membered cyclic amide) rings is 1. The number of fused-ring (bicyclic) bond motifs is 1. The first-order chi connectivity index (χ1) is 23.2. The Morgan fingerprint density at radius 3 is 2.02 bits per heavy atom. The van der Waals surface area contributed by atoms with Gasteiger partial charge in [0.15, 0.2) is 5.78 Å². The molecule has 246 valence electrons. The van der Waals surface area contributed by atoms with Crippen molar-refractivity contribution < 1.29 is 24.2 Å². The van der Waals surface area contributed by atoms with Crippen LogP contribution in [-0.2, 0) is 14.3 Å². The van der Waals surface area contributed by atoms with Crippen LogP contribution in [0.15, 0.2) is 121 Å². The number of hydrogen-bond donors (Lipinski definition) is 1. The topological polar surface area (TPSA) is 101 Å². The van der Waals surface area contributed by atoms with Crippen LogP contribution in [0.25, 0.3) is 4.83 Å². The van der Waals surface area contributed by atoms with Gasteiger partial charge in [-0.1, -0.05) is 111 Å². The quantitative estimate of drug-likeness (QED) is 0.0490. The van der Waals surface area contributed by atoms with Crippen LogP contribution >= 0.6 is 30.0 Å². The lowest BCUT2D eigenvalue weighted by Gasteiger charge is -2.52. The van der Waals surface area contributed by atoms with Gasteiger partial charge in [-0.25, -0.2) is 9.78 Å². The number of rotatable bonds is 12. The molecule has 0 bridgehead atoms. The molecule has 2 aromatic heterocycles. The van der Waals surface area contributed by atoms with Crippen molar-refractivity contribution in [3.05, 3.63) is 121 Å². The molecule has 1 N–H and O–H groups in total. The van der Waals surface area contributed by atoms with Gasteiger partial charge in [0, 0.05) is 19.0 Å². The zero-order valence-corrected chi connectivity index (χ0v) is 29.3. The second kappa shape index (κ2) is 14.1. The lowest BCUT2D eigenvalue weighted by atomic mass is 9.75. The zero-order chi connectivity index (χ0) is 34.0. The van der Waals surface area contributed by atoms with Crippen LogP contribution in [0.4, 0.5) is 0 Å². The molecular weight excluding hydrogens is 662 g/mol. The van der Waals surface area contributed by atoms with E-state index < -0.39 is 42.7 Å². The third-order valence-corrected chi connectivity index (χ3v) is 14.9. The number of aliphatic hydroxyl groups excluding tert-OH is 1. The number of likely N-dealkylation sites (tertiary alicyclic amines) is 1. The number of ketones is 1. The van der Waals surface area contributed by atoms with Crippen molar-refractivity contribution in [2.75, 3.05) is 12.9 Å². The van der Waals surface area contributed by atoms with Crippen LogP contribution in [0.1, 0.15) is 23.5 Å². The Bertz CT molecular complexity index is 1920. The molecule has 1 saturated heterocycles. The highest BCUT2D eigenvalue weighted by molar-refractivity contribution is 7.98. The molecule has 11 heteroatoms. The molecule has 0 aliphatic carbocycles. The number of aromatic nitrogens is 2. The number of Topliss-reactive ketones (excluding diaryl/α,β-unsaturated/α-hetero) is 1. The predicted octanol–water partition coefficient (Wildman–Crippen LogP) is 5.00. The minimum Gasteiger partial charge on any atom is -0.457 e. The summed E-state index contributed by atoms with van der Waals surface area (Å²) >= 11 is 2.84. The summed E-state index contributed by atoms with van der Waals surface area (Å²) in [6.07, 6.45) is 5.79. The molecule has 0 spiro atoms. The molecule has 0 saturated carbocycles. The molecule has 3 heterocycles. The number of ether oxygens (including phenoxy) is 1. The Labute approximate surface area is 288 Å². The maximum absolute atomic E-state index is 14.7. The number of carbonyl (C=O) groups excluding carboxylic acids is 3. The summed E-state index contributed by atoms with van der Waals surface area (Å²) in [5, 5.41) is 14.3. The number of thiazole rings is 1. The number of carbonyl (C=O) groups is 3. The minimum absolute atomic E-state index is 0.0739. The average Bonchev–Trinajstić information content (AvgIpc) is 3.71. The first-order valence-electron chi connectivity index (χ1n) is 15.5. The largest absolute Gasteiger partial charge is 0.457 e. The third-order valence-electron chi connectivity index (χ3n) is 8.74. The SMILES string of the molecule is C=CCOC(=O)C(N1C(=O)[C@H]([C@@H](C)O)[C@H]1[C@@H](C)C(=O)c1cn2cnc(SC)c2s1)=P(c1ccccc1)(c1ccccc1)c1ccccc1. The van der Waals surface area contributed by atoms with Gasteiger partial charge in [-0.3, -0.25) is 14.0 Å². The summed E-state index contributed by atoms with van der Waals surface area (Å²) < 4.78 is 7.66. The smallest absolute Gasteiger partial charge is 0.356 e. The van der Waals surface area contributed by atoms with Gasteiger partial charge < -0.3 is 14.7 Å². The van der Waals surface area contributed by atoms with Crippen LogP contribution < -0.4 is 15.9 Å². The number of thioether (sulfide) groups is 1. The molecule has 8 nitrogen and oxygen atoms in total. The standard InChI is InChI=1S/C37H36N3O5PS2/c1-5-21-45-37(44)35(46(26-15-9-6-10-16-26,27-17-11-7-12-18-27)28-19-13-8-14-20-28)40-31(30(25(3)41)34(40)43)24(2)32(42)29-22-39-23-38-33(47-4)36(39)48-29/h5-20,22-25,30-31,41H,1,21H2,2-4H3/t24-,25-,30-,31-/m1/s1. The fourth-order valence-corrected chi connectivity index (χ4v) is 12.8. The lowest BCUT2D eigenvalue weighted by Crippen LogP contribution is -2.70. The van der Waals surface area contributed by atoms with E-state index >= 15 is 0 Å². The van der Waals surface area contributed by atoms with E-state index in [2.05, 4.69) is 11.6 Å². The number of imidazole rings is 1. The molecule has 1 aliphatic rings. The first-order valence-corrected chi connectivity index (χ1v) is 19.4. The second-order valence-electron chi connectivity index (χ2n) is 11.6. The summed E-state index contributed by atoms with van der Waals surface area (Å²) in [4.78, 5) is 50.6. The highest BCUT2D eigenvalue weighted by atomic mass is 32.2. The third kappa shape index (κ3) is 5.66. The van der Waals surface area contributed by atoms with Crippen molar-refractivity contribution in [3.63, 3.8) is 0 Å². The maximum atomic E-state index is 14.7. The summed E-state index contributed by atoms with van der Waals surface area (Å²) in [5.74, 6) is -2.98. The summed E-state index contributed by atoms with van der Waals surface area (Å²) in [6, 6.07) is 28.2. The van der Waals surface area contributed by atoms with Crippen LogP contribution in [0.3, 0.4) is 0 Å². The lowest BCUT2D eigenvalue weighted by molar-refractivity contribution is -0.159. The van der Waals surface area contributed by atoms with Crippen LogP contribution in [-0.4, -0.2) is 67.5 Å². The highest BCUT2D eigenvalue weighted by Crippen LogP contribution is 2.50. The molecular formula is C37H36N3O5PS2. The molecule has 1 fully saturated rings. The molecule has 3 aromatic carbocycles. The van der Waals surface area contributed by atoms with E-state index in [1.165, 1.54) is 34.1 Å². The Morgan fingerprint density at radius 1 is 1.00 bits per heavy atom. The van der Waals surface area contributed by atoms with Gasteiger partial charge in [0.1, 0.15) is 28.2 Å². The molecule has 48 heavy (non-hydrogen) atoms. The van der Waals surface area contributed by atoms with E-state index in [9.17, 15) is 19.5 Å². The van der Waals surface area contributed by atoms with Gasteiger partial charge in [0.2, 0.25) is 5.91 Å². The van der Waals surface area contributed by atoms with Crippen molar-refractivity contribution >= 4 is 73.8 Å². The molecule has 0 radical (unpaired) electrons. The fourth-order valence-electron chi connectivity index (χ4n) is 6.58. The molecule has 1 aliphatic heterocycles. The van der Waals surface area contributed by atoms with E-state index in [1.807, 2.05) is 102 Å². The highest BCUT2D eigenvalue weighted by Gasteiger charge is 2.58. The van der Waals surface area contributed by atoms with Crippen molar-refractivity contribution in [3.8, 4) is 0 Å². The number of hydrogen-bond acceptors (Lipinski definition) is 8. The number of aliphatic hydroxyl groups is 1. The first kappa shape index (κ1) is 33.7.